The second-order valence-corrected chi connectivity index (χ2v) is 3.95. The summed E-state index contributed by atoms with van der Waals surface area (Å²) in [7, 11) is 0. The average Bonchev–Trinajstić information content (AvgIpc) is 2.43. The second-order valence-electron chi connectivity index (χ2n) is 3.95. The lowest BCUT2D eigenvalue weighted by atomic mass is 9.78. The van der Waals surface area contributed by atoms with Crippen LogP contribution >= 0.6 is 0 Å². The minimum absolute atomic E-state index is 0.0222. The van der Waals surface area contributed by atoms with Gasteiger partial charge in [-0.1, -0.05) is 52.8 Å². The molecule has 0 saturated carbocycles. The number of nitriles is 1. The van der Waals surface area contributed by atoms with E-state index in [2.05, 4.69) is 0 Å². The molecule has 0 radical (unpaired) electrons. The third kappa shape index (κ3) is 9.25. The summed E-state index contributed by atoms with van der Waals surface area (Å²) < 4.78 is 0. The highest BCUT2D eigenvalue weighted by Gasteiger charge is 2.29. The van der Waals surface area contributed by atoms with Gasteiger partial charge in [0.15, 0.2) is 5.78 Å². The zero-order valence-electron chi connectivity index (χ0n) is 14.0. The molecule has 0 spiro atoms. The van der Waals surface area contributed by atoms with E-state index in [1.165, 1.54) is 0 Å². The van der Waals surface area contributed by atoms with E-state index in [4.69, 9.17) is 5.26 Å². The summed E-state index contributed by atoms with van der Waals surface area (Å²) in [4.78, 5) is 11.8. The molecule has 0 atom stereocenters. The van der Waals surface area contributed by atoms with Crippen molar-refractivity contribution in [2.45, 2.75) is 68.2 Å². The van der Waals surface area contributed by atoms with Crippen molar-refractivity contribution in [3.63, 3.8) is 0 Å². The van der Waals surface area contributed by atoms with Crippen LogP contribution in [0.25, 0.3) is 0 Å². The molecular weight excluding hydrogens is 234 g/mol. The number of allylic oxidation sites excluding steroid dienone is 4. The van der Waals surface area contributed by atoms with Gasteiger partial charge in [-0.15, -0.1) is 0 Å². The van der Waals surface area contributed by atoms with Crippen molar-refractivity contribution in [3.05, 3.63) is 23.8 Å². The van der Waals surface area contributed by atoms with Crippen LogP contribution in [0.5, 0.6) is 0 Å². The van der Waals surface area contributed by atoms with Gasteiger partial charge in [-0.2, -0.15) is 5.26 Å². The van der Waals surface area contributed by atoms with Crippen LogP contribution in [0.3, 0.4) is 0 Å². The maximum absolute atomic E-state index is 11.8. The van der Waals surface area contributed by atoms with Crippen LogP contribution in [0, 0.1) is 16.7 Å². The normalized spacial score (nSPS) is 10.8. The van der Waals surface area contributed by atoms with Gasteiger partial charge in [-0.25, -0.2) is 0 Å². The van der Waals surface area contributed by atoms with E-state index in [0.717, 1.165) is 12.0 Å². The summed E-state index contributed by atoms with van der Waals surface area (Å²) in [6, 6.07) is 1.91. The van der Waals surface area contributed by atoms with E-state index < -0.39 is 5.41 Å². The first-order valence-electron chi connectivity index (χ1n) is 7.24. The van der Waals surface area contributed by atoms with Crippen molar-refractivity contribution < 1.29 is 4.79 Å². The lowest BCUT2D eigenvalue weighted by Crippen LogP contribution is -2.25. The van der Waals surface area contributed by atoms with E-state index in [0.29, 0.717) is 0 Å². The topological polar surface area (TPSA) is 40.9 Å². The van der Waals surface area contributed by atoms with Gasteiger partial charge in [0.2, 0.25) is 0 Å². The summed E-state index contributed by atoms with van der Waals surface area (Å²) in [6.07, 6.45) is 6.77. The van der Waals surface area contributed by atoms with E-state index in [1.807, 2.05) is 79.7 Å². The summed E-state index contributed by atoms with van der Waals surface area (Å²) in [5.41, 5.74) is 0.436. The van der Waals surface area contributed by atoms with Crippen molar-refractivity contribution in [2.24, 2.45) is 5.41 Å². The van der Waals surface area contributed by atoms with E-state index in [-0.39, 0.29) is 12.2 Å². The molecule has 19 heavy (non-hydrogen) atoms. The smallest absolute Gasteiger partial charge is 0.156 e. The van der Waals surface area contributed by atoms with Gasteiger partial charge in [0.25, 0.3) is 0 Å². The zero-order chi connectivity index (χ0) is 15.9. The molecule has 0 heterocycles. The Morgan fingerprint density at radius 2 is 1.68 bits per heavy atom. The van der Waals surface area contributed by atoms with Crippen LogP contribution in [0.4, 0.5) is 0 Å². The molecule has 0 amide bonds. The Morgan fingerprint density at radius 1 is 1.21 bits per heavy atom. The SMILES string of the molecule is C/C=C\C(=C/CC)C(C)(C)C(=O)CC#N.CC.CC. The Labute approximate surface area is 120 Å². The van der Waals surface area contributed by atoms with Crippen LogP contribution < -0.4 is 0 Å². The minimum Gasteiger partial charge on any atom is -0.298 e. The van der Waals surface area contributed by atoms with Crippen molar-refractivity contribution in [2.75, 3.05) is 0 Å². The molecule has 0 aliphatic carbocycles. The summed E-state index contributed by atoms with van der Waals surface area (Å²) >= 11 is 0. The molecule has 2 nitrogen and oxygen atoms in total. The summed E-state index contributed by atoms with van der Waals surface area (Å²) in [5, 5.41) is 8.53. The Balaban J connectivity index is -0.000000579. The number of Topliss-reactive ketones (excluding diaryl/α,β-unsaturated/α-hetero) is 1. The maximum Gasteiger partial charge on any atom is 0.156 e. The molecule has 0 unspecified atom stereocenters. The molecule has 0 aromatic rings. The lowest BCUT2D eigenvalue weighted by Gasteiger charge is -2.23. The molecule has 0 fully saturated rings. The molecule has 0 saturated heterocycles. The molecule has 0 aliphatic rings. The van der Waals surface area contributed by atoms with Gasteiger partial charge >= 0.3 is 0 Å². The Kier molecular flexibility index (Phi) is 17.6. The molecule has 0 aliphatic heterocycles. The molecule has 110 valence electrons. The van der Waals surface area contributed by atoms with Crippen molar-refractivity contribution >= 4 is 5.78 Å². The average molecular weight is 265 g/mol. The quantitative estimate of drug-likeness (QED) is 0.619. The van der Waals surface area contributed by atoms with Gasteiger partial charge in [0.05, 0.1) is 12.5 Å². The van der Waals surface area contributed by atoms with Gasteiger partial charge in [-0.05, 0) is 32.8 Å². The Hall–Kier alpha value is -1.36. The Morgan fingerprint density at radius 3 is 2.00 bits per heavy atom. The number of ketones is 1. The van der Waals surface area contributed by atoms with Gasteiger partial charge in [0.1, 0.15) is 0 Å². The van der Waals surface area contributed by atoms with E-state index >= 15 is 0 Å². The standard InChI is InChI=1S/C13H19NO.2C2H6/c1-5-7-11(8-6-2)13(3,4)12(15)9-10-14;2*1-2/h5,7-8H,6,9H2,1-4H3;2*1-2H3/b7-5-,11-8+;;. The van der Waals surface area contributed by atoms with Crippen molar-refractivity contribution in [1.82, 2.24) is 0 Å². The fourth-order valence-corrected chi connectivity index (χ4v) is 1.38. The number of carbonyl (C=O) groups excluding carboxylic acids is 1. The highest BCUT2D eigenvalue weighted by molar-refractivity contribution is 5.89. The highest BCUT2D eigenvalue weighted by Crippen LogP contribution is 2.30. The lowest BCUT2D eigenvalue weighted by molar-refractivity contribution is -0.124. The third-order valence-electron chi connectivity index (χ3n) is 2.43. The second kappa shape index (κ2) is 14.7. The fraction of sp³-hybridized carbons (Fsp3) is 0.647. The fourth-order valence-electron chi connectivity index (χ4n) is 1.38. The van der Waals surface area contributed by atoms with Crippen LogP contribution in [0.1, 0.15) is 68.2 Å². The van der Waals surface area contributed by atoms with Crippen molar-refractivity contribution in [1.29, 1.82) is 5.26 Å². The van der Waals surface area contributed by atoms with Gasteiger partial charge in [0, 0.05) is 5.41 Å². The first kappa shape index (κ1) is 22.8. The van der Waals surface area contributed by atoms with E-state index in [9.17, 15) is 4.79 Å². The molecule has 0 aromatic heterocycles. The largest absolute Gasteiger partial charge is 0.298 e. The number of rotatable bonds is 5. The monoisotopic (exact) mass is 265 g/mol. The van der Waals surface area contributed by atoms with E-state index in [1.54, 1.807) is 0 Å². The van der Waals surface area contributed by atoms with Crippen LogP contribution in [-0.2, 0) is 4.79 Å². The minimum atomic E-state index is -0.557. The third-order valence-corrected chi connectivity index (χ3v) is 2.43. The zero-order valence-corrected chi connectivity index (χ0v) is 14.0. The molecule has 2 heteroatoms. The Bertz CT molecular complexity index is 317. The predicted molar refractivity (Wildman–Crippen MR) is 84.9 cm³/mol. The maximum atomic E-state index is 11.8. The van der Waals surface area contributed by atoms with Gasteiger partial charge < -0.3 is 0 Å². The number of hydrogen-bond acceptors (Lipinski definition) is 2. The van der Waals surface area contributed by atoms with Crippen LogP contribution in [0.2, 0.25) is 0 Å². The first-order valence-corrected chi connectivity index (χ1v) is 7.24. The number of carbonyl (C=O) groups is 1. The molecule has 0 rings (SSSR count). The predicted octanol–water partition coefficient (Wildman–Crippen LogP) is 5.46. The van der Waals surface area contributed by atoms with Crippen LogP contribution in [0.15, 0.2) is 23.8 Å². The molecular formula is C17H31NO. The summed E-state index contributed by atoms with van der Waals surface area (Å²) in [5.74, 6) is -0.0252. The highest BCUT2D eigenvalue weighted by atomic mass is 16.1. The van der Waals surface area contributed by atoms with Crippen molar-refractivity contribution in [3.8, 4) is 6.07 Å². The number of hydrogen-bond donors (Lipinski definition) is 0. The molecule has 0 aromatic carbocycles. The molecule has 0 N–H and O–H groups in total. The molecule has 0 bridgehead atoms. The van der Waals surface area contributed by atoms with Crippen LogP contribution in [-0.4, -0.2) is 5.78 Å². The first-order chi connectivity index (χ1) is 9.00. The van der Waals surface area contributed by atoms with Gasteiger partial charge in [-0.3, -0.25) is 4.79 Å². The summed E-state index contributed by atoms with van der Waals surface area (Å²) in [6.45, 7) is 15.7. The number of nitrogens with zero attached hydrogens (tertiary/aromatic N) is 1.